The van der Waals surface area contributed by atoms with E-state index in [9.17, 15) is 9.59 Å². The molecule has 0 aliphatic heterocycles. The first kappa shape index (κ1) is 10.8. The second-order valence-electron chi connectivity index (χ2n) is 2.55. The molecular weight excluding hydrogens is 152 g/mol. The smallest absolute Gasteiger partial charge is 0.155 e. The number of carbonyl (C=O) groups excluding carboxylic acids is 2. The van der Waals surface area contributed by atoms with Crippen molar-refractivity contribution < 1.29 is 9.59 Å². The molecule has 0 fully saturated rings. The van der Waals surface area contributed by atoms with Gasteiger partial charge in [-0.3, -0.25) is 9.59 Å². The average Bonchev–Trinajstić information content (AvgIpc) is 2.11. The van der Waals surface area contributed by atoms with E-state index >= 15 is 0 Å². The van der Waals surface area contributed by atoms with Gasteiger partial charge in [0.15, 0.2) is 11.6 Å². The van der Waals surface area contributed by atoms with E-state index in [4.69, 9.17) is 0 Å². The summed E-state index contributed by atoms with van der Waals surface area (Å²) in [4.78, 5) is 21.4. The highest BCUT2D eigenvalue weighted by Gasteiger charge is 1.98. The summed E-state index contributed by atoms with van der Waals surface area (Å²) in [6.07, 6.45) is 5.13. The normalized spacial score (nSPS) is 9.00. The summed E-state index contributed by atoms with van der Waals surface area (Å²) in [5, 5.41) is 0. The second kappa shape index (κ2) is 6.53. The second-order valence-corrected chi connectivity index (χ2v) is 2.55. The van der Waals surface area contributed by atoms with E-state index in [-0.39, 0.29) is 11.6 Å². The third kappa shape index (κ3) is 5.59. The Kier molecular flexibility index (Phi) is 5.88. The monoisotopic (exact) mass is 166 g/mol. The van der Waals surface area contributed by atoms with Crippen molar-refractivity contribution in [2.75, 3.05) is 0 Å². The minimum Gasteiger partial charge on any atom is -0.295 e. The molecule has 0 atom stereocenters. The van der Waals surface area contributed by atoms with Gasteiger partial charge in [-0.15, -0.1) is 0 Å². The Labute approximate surface area is 73.0 Å². The molecule has 0 heterocycles. The first-order chi connectivity index (χ1) is 5.70. The highest BCUT2D eigenvalue weighted by atomic mass is 16.1. The van der Waals surface area contributed by atoms with Crippen molar-refractivity contribution in [3.05, 3.63) is 25.3 Å². The summed E-state index contributed by atoms with van der Waals surface area (Å²) in [7, 11) is 0. The Balaban J connectivity index is 3.32. The van der Waals surface area contributed by atoms with E-state index in [1.807, 2.05) is 0 Å². The summed E-state index contributed by atoms with van der Waals surface area (Å²) < 4.78 is 0. The molecule has 0 aromatic rings. The van der Waals surface area contributed by atoms with Gasteiger partial charge in [0.2, 0.25) is 0 Å². The minimum absolute atomic E-state index is 0.0426. The fraction of sp³-hybridized carbons (Fsp3) is 0.400. The molecule has 0 aliphatic carbocycles. The Morgan fingerprint density at radius 2 is 1.25 bits per heavy atom. The molecule has 0 unspecified atom stereocenters. The van der Waals surface area contributed by atoms with Crippen LogP contribution in [0.4, 0.5) is 0 Å². The summed E-state index contributed by atoms with van der Waals surface area (Å²) in [6.45, 7) is 6.72. The number of rotatable bonds is 7. The fourth-order valence-electron chi connectivity index (χ4n) is 0.803. The van der Waals surface area contributed by atoms with Crippen molar-refractivity contribution in [3.63, 3.8) is 0 Å². The molecular formula is C10H14O2. The van der Waals surface area contributed by atoms with Gasteiger partial charge < -0.3 is 0 Å². The van der Waals surface area contributed by atoms with E-state index in [0.29, 0.717) is 12.8 Å². The van der Waals surface area contributed by atoms with E-state index < -0.39 is 0 Å². The van der Waals surface area contributed by atoms with E-state index in [1.54, 1.807) is 0 Å². The molecule has 0 amide bonds. The molecule has 0 rings (SSSR count). The zero-order valence-electron chi connectivity index (χ0n) is 7.21. The molecule has 0 radical (unpaired) electrons. The molecule has 0 aromatic heterocycles. The lowest BCUT2D eigenvalue weighted by molar-refractivity contribution is -0.116. The predicted molar refractivity (Wildman–Crippen MR) is 48.9 cm³/mol. The summed E-state index contributed by atoms with van der Waals surface area (Å²) in [5.74, 6) is 0.0853. The third-order valence-corrected chi connectivity index (χ3v) is 1.55. The van der Waals surface area contributed by atoms with Crippen LogP contribution in [0.15, 0.2) is 25.3 Å². The van der Waals surface area contributed by atoms with Crippen molar-refractivity contribution in [2.45, 2.75) is 25.7 Å². The van der Waals surface area contributed by atoms with Gasteiger partial charge >= 0.3 is 0 Å². The van der Waals surface area contributed by atoms with Gasteiger partial charge in [0.25, 0.3) is 0 Å². The molecule has 2 nitrogen and oxygen atoms in total. The molecule has 0 aromatic carbocycles. The molecule has 0 aliphatic rings. The zero-order chi connectivity index (χ0) is 9.40. The Bertz CT molecular complexity index is 170. The van der Waals surface area contributed by atoms with Crippen LogP contribution >= 0.6 is 0 Å². The SMILES string of the molecule is C=CC(=O)CCCCC(=O)C=C. The number of allylic oxidation sites excluding steroid dienone is 2. The highest BCUT2D eigenvalue weighted by molar-refractivity contribution is 5.89. The van der Waals surface area contributed by atoms with Crippen LogP contribution in [0.2, 0.25) is 0 Å². The lowest BCUT2D eigenvalue weighted by Gasteiger charge is -1.94. The standard InChI is InChI=1S/C10H14O2/c1-3-9(11)7-5-6-8-10(12)4-2/h3-4H,1-2,5-8H2. The number of carbonyl (C=O) groups is 2. The number of ketones is 2. The summed E-state index contributed by atoms with van der Waals surface area (Å²) >= 11 is 0. The van der Waals surface area contributed by atoms with Crippen LogP contribution in [-0.2, 0) is 9.59 Å². The summed E-state index contributed by atoms with van der Waals surface area (Å²) in [5.41, 5.74) is 0. The quantitative estimate of drug-likeness (QED) is 0.428. The Hall–Kier alpha value is -1.18. The van der Waals surface area contributed by atoms with Gasteiger partial charge in [0.1, 0.15) is 0 Å². The van der Waals surface area contributed by atoms with Gasteiger partial charge in [-0.05, 0) is 25.0 Å². The van der Waals surface area contributed by atoms with E-state index in [1.165, 1.54) is 12.2 Å². The molecule has 0 saturated heterocycles. The molecule has 0 bridgehead atoms. The average molecular weight is 166 g/mol. The predicted octanol–water partition coefficient (Wildman–Crippen LogP) is 2.06. The van der Waals surface area contributed by atoms with Crippen LogP contribution in [0, 0.1) is 0 Å². The van der Waals surface area contributed by atoms with Gasteiger partial charge in [-0.2, -0.15) is 0 Å². The van der Waals surface area contributed by atoms with Crippen LogP contribution in [0.3, 0.4) is 0 Å². The van der Waals surface area contributed by atoms with Crippen LogP contribution in [0.1, 0.15) is 25.7 Å². The van der Waals surface area contributed by atoms with Gasteiger partial charge in [-0.25, -0.2) is 0 Å². The molecule has 0 N–H and O–H groups in total. The fourth-order valence-corrected chi connectivity index (χ4v) is 0.803. The third-order valence-electron chi connectivity index (χ3n) is 1.55. The maximum Gasteiger partial charge on any atom is 0.155 e. The molecule has 0 spiro atoms. The van der Waals surface area contributed by atoms with Crippen molar-refractivity contribution in [1.29, 1.82) is 0 Å². The molecule has 2 heteroatoms. The summed E-state index contributed by atoms with van der Waals surface area (Å²) in [6, 6.07) is 0. The first-order valence-corrected chi connectivity index (χ1v) is 4.01. The van der Waals surface area contributed by atoms with E-state index in [0.717, 1.165) is 12.8 Å². The van der Waals surface area contributed by atoms with Crippen molar-refractivity contribution in [3.8, 4) is 0 Å². The minimum atomic E-state index is 0.0426. The Morgan fingerprint density at radius 1 is 0.917 bits per heavy atom. The topological polar surface area (TPSA) is 34.1 Å². The molecule has 66 valence electrons. The zero-order valence-corrected chi connectivity index (χ0v) is 7.21. The lowest BCUT2D eigenvalue weighted by atomic mass is 10.1. The highest BCUT2D eigenvalue weighted by Crippen LogP contribution is 2.01. The van der Waals surface area contributed by atoms with Gasteiger partial charge in [0.05, 0.1) is 0 Å². The number of hydrogen-bond acceptors (Lipinski definition) is 2. The van der Waals surface area contributed by atoms with Crippen molar-refractivity contribution in [1.82, 2.24) is 0 Å². The maximum atomic E-state index is 10.7. The van der Waals surface area contributed by atoms with E-state index in [2.05, 4.69) is 13.2 Å². The van der Waals surface area contributed by atoms with Crippen LogP contribution in [0.5, 0.6) is 0 Å². The van der Waals surface area contributed by atoms with Gasteiger partial charge in [0, 0.05) is 12.8 Å². The van der Waals surface area contributed by atoms with Crippen LogP contribution in [-0.4, -0.2) is 11.6 Å². The molecule has 0 saturated carbocycles. The number of hydrogen-bond donors (Lipinski definition) is 0. The maximum absolute atomic E-state index is 10.7. The van der Waals surface area contributed by atoms with Crippen molar-refractivity contribution in [2.24, 2.45) is 0 Å². The van der Waals surface area contributed by atoms with Gasteiger partial charge in [-0.1, -0.05) is 13.2 Å². The Morgan fingerprint density at radius 3 is 1.50 bits per heavy atom. The largest absolute Gasteiger partial charge is 0.295 e. The number of unbranched alkanes of at least 4 members (excludes halogenated alkanes) is 1. The van der Waals surface area contributed by atoms with Crippen molar-refractivity contribution >= 4 is 11.6 Å². The molecule has 12 heavy (non-hydrogen) atoms. The van der Waals surface area contributed by atoms with Crippen LogP contribution < -0.4 is 0 Å². The lowest BCUT2D eigenvalue weighted by Crippen LogP contribution is -1.95. The van der Waals surface area contributed by atoms with Crippen LogP contribution in [0.25, 0.3) is 0 Å². The first-order valence-electron chi connectivity index (χ1n) is 4.01.